The van der Waals surface area contributed by atoms with Gasteiger partial charge in [-0.1, -0.05) is 0 Å². The van der Waals surface area contributed by atoms with Gasteiger partial charge in [0.05, 0.1) is 21.1 Å². The van der Waals surface area contributed by atoms with Crippen LogP contribution in [0.25, 0.3) is 0 Å². The zero-order valence-electron chi connectivity index (χ0n) is 14.3. The van der Waals surface area contributed by atoms with Crippen molar-refractivity contribution in [1.29, 1.82) is 0 Å². The summed E-state index contributed by atoms with van der Waals surface area (Å²) in [4.78, 5) is 31.8. The van der Waals surface area contributed by atoms with E-state index >= 15 is 0 Å². The van der Waals surface area contributed by atoms with Crippen LogP contribution in [0.5, 0.6) is 0 Å². The van der Waals surface area contributed by atoms with E-state index in [-0.39, 0.29) is 18.7 Å². The lowest BCUT2D eigenvalue weighted by molar-refractivity contribution is -0.384. The van der Waals surface area contributed by atoms with Gasteiger partial charge in [-0.2, -0.15) is 13.2 Å². The number of nitrogens with one attached hydrogen (secondary N) is 2. The van der Waals surface area contributed by atoms with Crippen molar-refractivity contribution >= 4 is 28.7 Å². The number of halogens is 4. The largest absolute Gasteiger partial charge is 0.416 e. The van der Waals surface area contributed by atoms with Gasteiger partial charge in [0.2, 0.25) is 5.91 Å². The highest BCUT2D eigenvalue weighted by molar-refractivity contribution is 5.91. The predicted molar refractivity (Wildman–Crippen MR) is 92.9 cm³/mol. The average molecular weight is 416 g/mol. The monoisotopic (exact) mass is 416 g/mol. The molecule has 0 radical (unpaired) electrons. The average Bonchev–Trinajstić information content (AvgIpc) is 2.62. The third kappa shape index (κ3) is 5.60. The smallest absolute Gasteiger partial charge is 0.379 e. The molecule has 13 heteroatoms. The van der Waals surface area contributed by atoms with E-state index < -0.39 is 50.4 Å². The maximum Gasteiger partial charge on any atom is 0.416 e. The van der Waals surface area contributed by atoms with Crippen molar-refractivity contribution in [3.05, 3.63) is 68.0 Å². The van der Waals surface area contributed by atoms with E-state index in [1.165, 1.54) is 0 Å². The van der Waals surface area contributed by atoms with Crippen molar-refractivity contribution < 1.29 is 32.2 Å². The second-order valence-electron chi connectivity index (χ2n) is 5.63. The second-order valence-corrected chi connectivity index (χ2v) is 5.63. The first-order valence-electron chi connectivity index (χ1n) is 7.82. The Hall–Kier alpha value is -3.77. The molecule has 29 heavy (non-hydrogen) atoms. The number of nitro groups is 2. The highest BCUT2D eigenvalue weighted by Crippen LogP contribution is 2.34. The minimum atomic E-state index is -4.76. The first kappa shape index (κ1) is 21.5. The zero-order chi connectivity index (χ0) is 21.8. The van der Waals surface area contributed by atoms with Gasteiger partial charge in [-0.05, 0) is 18.2 Å². The molecule has 0 aliphatic rings. The number of anilines is 2. The molecule has 0 saturated heterocycles. The molecule has 0 aromatic heterocycles. The Labute approximate surface area is 159 Å². The Balaban J connectivity index is 2.03. The maximum atomic E-state index is 13.6. The summed E-state index contributed by atoms with van der Waals surface area (Å²) in [5.41, 5.74) is -3.14. The molecule has 0 spiro atoms. The minimum absolute atomic E-state index is 0.228. The molecule has 0 heterocycles. The molecule has 0 aliphatic heterocycles. The standard InChI is InChI=1S/C16H12F4N4O5/c17-11-3-2-10(23(26)27)8-13(11)22-15(25)5-6-21-12-4-1-9(16(18,19)20)7-14(12)24(28)29/h1-4,7-8,21H,5-6H2,(H,22,25). The number of nitro benzene ring substituents is 2. The van der Waals surface area contributed by atoms with Gasteiger partial charge in [0.1, 0.15) is 11.5 Å². The molecule has 0 fully saturated rings. The number of non-ortho nitro benzene ring substituents is 1. The van der Waals surface area contributed by atoms with Gasteiger partial charge < -0.3 is 10.6 Å². The van der Waals surface area contributed by atoms with Crippen molar-refractivity contribution in [2.24, 2.45) is 0 Å². The Morgan fingerprint density at radius 3 is 2.28 bits per heavy atom. The van der Waals surface area contributed by atoms with E-state index in [9.17, 15) is 42.6 Å². The summed E-state index contributed by atoms with van der Waals surface area (Å²) in [5, 5.41) is 26.3. The predicted octanol–water partition coefficient (Wildman–Crippen LogP) is 4.10. The molecule has 2 rings (SSSR count). The SMILES string of the molecule is O=C(CCNc1ccc(C(F)(F)F)cc1[N+](=O)[O-])Nc1cc([N+](=O)[O-])ccc1F. The lowest BCUT2D eigenvalue weighted by atomic mass is 10.1. The minimum Gasteiger partial charge on any atom is -0.379 e. The summed E-state index contributed by atoms with van der Waals surface area (Å²) >= 11 is 0. The topological polar surface area (TPSA) is 127 Å². The van der Waals surface area contributed by atoms with Crippen molar-refractivity contribution in [2.45, 2.75) is 12.6 Å². The van der Waals surface area contributed by atoms with Gasteiger partial charge in [-0.3, -0.25) is 25.0 Å². The van der Waals surface area contributed by atoms with E-state index in [4.69, 9.17) is 0 Å². The maximum absolute atomic E-state index is 13.6. The van der Waals surface area contributed by atoms with E-state index in [2.05, 4.69) is 10.6 Å². The third-order valence-electron chi connectivity index (χ3n) is 3.62. The molecular weight excluding hydrogens is 404 g/mol. The molecule has 0 saturated carbocycles. The zero-order valence-corrected chi connectivity index (χ0v) is 14.3. The van der Waals surface area contributed by atoms with Crippen LogP contribution in [-0.2, 0) is 11.0 Å². The molecule has 154 valence electrons. The molecule has 9 nitrogen and oxygen atoms in total. The summed E-state index contributed by atoms with van der Waals surface area (Å²) in [5.74, 6) is -1.68. The van der Waals surface area contributed by atoms with E-state index in [1.807, 2.05) is 0 Å². The number of hydrogen-bond donors (Lipinski definition) is 2. The Morgan fingerprint density at radius 2 is 1.69 bits per heavy atom. The van der Waals surface area contributed by atoms with Crippen LogP contribution < -0.4 is 10.6 Å². The molecule has 2 aromatic carbocycles. The number of nitrogens with zero attached hydrogens (tertiary/aromatic N) is 2. The van der Waals surface area contributed by atoms with E-state index in [0.29, 0.717) is 12.1 Å². The molecule has 0 unspecified atom stereocenters. The van der Waals surface area contributed by atoms with Gasteiger partial charge >= 0.3 is 6.18 Å². The molecule has 2 aromatic rings. The first-order chi connectivity index (χ1) is 13.5. The van der Waals surface area contributed by atoms with Crippen molar-refractivity contribution in [2.75, 3.05) is 17.2 Å². The summed E-state index contributed by atoms with van der Waals surface area (Å²) in [6.45, 7) is -0.228. The van der Waals surface area contributed by atoms with Gasteiger partial charge in [0.25, 0.3) is 11.4 Å². The van der Waals surface area contributed by atoms with Crippen LogP contribution in [0.15, 0.2) is 36.4 Å². The van der Waals surface area contributed by atoms with Gasteiger partial charge in [-0.25, -0.2) is 4.39 Å². The van der Waals surface area contributed by atoms with Crippen LogP contribution in [0.1, 0.15) is 12.0 Å². The van der Waals surface area contributed by atoms with Gasteiger partial charge in [0.15, 0.2) is 0 Å². The number of carbonyl (C=O) groups excluding carboxylic acids is 1. The van der Waals surface area contributed by atoms with Crippen LogP contribution in [0.2, 0.25) is 0 Å². The van der Waals surface area contributed by atoms with E-state index in [0.717, 1.165) is 24.3 Å². The highest BCUT2D eigenvalue weighted by atomic mass is 19.4. The molecule has 0 aliphatic carbocycles. The fourth-order valence-corrected chi connectivity index (χ4v) is 2.25. The number of benzene rings is 2. The molecule has 0 bridgehead atoms. The molecule has 1 amide bonds. The quantitative estimate of drug-likeness (QED) is 0.397. The molecular formula is C16H12F4N4O5. The number of alkyl halides is 3. The van der Waals surface area contributed by atoms with Gasteiger partial charge in [0, 0.05) is 31.2 Å². The first-order valence-corrected chi connectivity index (χ1v) is 7.82. The normalized spacial score (nSPS) is 11.0. The van der Waals surface area contributed by atoms with Gasteiger partial charge in [-0.15, -0.1) is 0 Å². The Bertz CT molecular complexity index is 965. The highest BCUT2D eigenvalue weighted by Gasteiger charge is 2.33. The number of hydrogen-bond acceptors (Lipinski definition) is 6. The summed E-state index contributed by atoms with van der Waals surface area (Å²) < 4.78 is 51.6. The third-order valence-corrected chi connectivity index (χ3v) is 3.62. The van der Waals surface area contributed by atoms with Crippen LogP contribution in [0, 0.1) is 26.0 Å². The lowest BCUT2D eigenvalue weighted by Crippen LogP contribution is -2.17. The lowest BCUT2D eigenvalue weighted by Gasteiger charge is -2.11. The van der Waals surface area contributed by atoms with Crippen LogP contribution in [0.3, 0.4) is 0 Å². The summed E-state index contributed by atoms with van der Waals surface area (Å²) in [6, 6.07) is 4.41. The summed E-state index contributed by atoms with van der Waals surface area (Å²) in [6.07, 6.45) is -5.11. The Morgan fingerprint density at radius 1 is 1.00 bits per heavy atom. The second kappa shape index (κ2) is 8.50. The van der Waals surface area contributed by atoms with Crippen molar-refractivity contribution in [3.63, 3.8) is 0 Å². The van der Waals surface area contributed by atoms with Crippen LogP contribution >= 0.6 is 0 Å². The molecule has 2 N–H and O–H groups in total. The van der Waals surface area contributed by atoms with Crippen molar-refractivity contribution in [3.8, 4) is 0 Å². The Kier molecular flexibility index (Phi) is 6.31. The number of carbonyl (C=O) groups is 1. The number of rotatable bonds is 7. The van der Waals surface area contributed by atoms with E-state index in [1.54, 1.807) is 0 Å². The van der Waals surface area contributed by atoms with Crippen LogP contribution in [-0.4, -0.2) is 22.3 Å². The van der Waals surface area contributed by atoms with Crippen molar-refractivity contribution in [1.82, 2.24) is 0 Å². The fourth-order valence-electron chi connectivity index (χ4n) is 2.25. The van der Waals surface area contributed by atoms with Crippen LogP contribution in [0.4, 0.5) is 40.3 Å². The number of amides is 1. The fraction of sp³-hybridized carbons (Fsp3) is 0.188. The molecule has 0 atom stereocenters. The summed E-state index contributed by atoms with van der Waals surface area (Å²) in [7, 11) is 0.